The van der Waals surface area contributed by atoms with Crippen LogP contribution in [-0.2, 0) is 4.79 Å². The van der Waals surface area contributed by atoms with Crippen LogP contribution in [0.25, 0.3) is 0 Å². The summed E-state index contributed by atoms with van der Waals surface area (Å²) >= 11 is 3.62. The summed E-state index contributed by atoms with van der Waals surface area (Å²) in [5.41, 5.74) is 0. The molecule has 0 aromatic rings. The molecule has 94 valence electrons. The van der Waals surface area contributed by atoms with E-state index >= 15 is 0 Å². The van der Waals surface area contributed by atoms with Gasteiger partial charge in [-0.05, 0) is 31.1 Å². The van der Waals surface area contributed by atoms with E-state index in [0.717, 1.165) is 19.4 Å². The molecule has 0 radical (unpaired) electrons. The zero-order valence-electron chi connectivity index (χ0n) is 10.6. The minimum Gasteiger partial charge on any atom is -0.355 e. The van der Waals surface area contributed by atoms with E-state index in [0.29, 0.717) is 16.7 Å². The second-order valence-corrected chi connectivity index (χ2v) is 6.78. The zero-order chi connectivity index (χ0) is 12.1. The fourth-order valence-corrected chi connectivity index (χ4v) is 3.38. The van der Waals surface area contributed by atoms with Gasteiger partial charge < -0.3 is 5.32 Å². The molecule has 0 aromatic heterocycles. The Morgan fingerprint density at radius 3 is 2.62 bits per heavy atom. The van der Waals surface area contributed by atoms with E-state index in [-0.39, 0.29) is 11.8 Å². The molecule has 1 amide bonds. The van der Waals surface area contributed by atoms with Crippen LogP contribution in [0.5, 0.6) is 0 Å². The highest BCUT2D eigenvalue weighted by Gasteiger charge is 2.29. The van der Waals surface area contributed by atoms with E-state index in [1.165, 1.54) is 12.8 Å². The third-order valence-electron chi connectivity index (χ3n) is 3.42. The average Bonchev–Trinajstić information content (AvgIpc) is 2.60. The van der Waals surface area contributed by atoms with Crippen molar-refractivity contribution in [1.82, 2.24) is 5.32 Å². The molecule has 1 N–H and O–H groups in total. The summed E-state index contributed by atoms with van der Waals surface area (Å²) in [4.78, 5) is 12.3. The predicted molar refractivity (Wildman–Crippen MR) is 71.7 cm³/mol. The van der Waals surface area contributed by atoms with Gasteiger partial charge in [-0.15, -0.1) is 0 Å². The average molecular weight is 290 g/mol. The van der Waals surface area contributed by atoms with E-state index in [9.17, 15) is 4.79 Å². The summed E-state index contributed by atoms with van der Waals surface area (Å²) in [5.74, 6) is 1.77. The standard InChI is InChI=1S/C13H24BrNO/c1-9(2)7-11(14)8-15-13(16)12-6-4-5-10(12)3/h9-12H,4-8H2,1-3H3,(H,15,16). The number of nitrogens with one attached hydrogen (secondary N) is 1. The highest BCUT2D eigenvalue weighted by Crippen LogP contribution is 2.31. The summed E-state index contributed by atoms with van der Waals surface area (Å²) in [6.07, 6.45) is 4.61. The Hall–Kier alpha value is -0.0500. The molecular weight excluding hydrogens is 266 g/mol. The molecule has 1 aliphatic carbocycles. The van der Waals surface area contributed by atoms with Crippen LogP contribution in [0.2, 0.25) is 0 Å². The lowest BCUT2D eigenvalue weighted by molar-refractivity contribution is -0.125. The zero-order valence-corrected chi connectivity index (χ0v) is 12.2. The summed E-state index contributed by atoms with van der Waals surface area (Å²) in [5, 5.41) is 3.07. The van der Waals surface area contributed by atoms with Gasteiger partial charge in [-0.2, -0.15) is 0 Å². The molecule has 3 heteroatoms. The van der Waals surface area contributed by atoms with E-state index < -0.39 is 0 Å². The fourth-order valence-electron chi connectivity index (χ4n) is 2.47. The second-order valence-electron chi connectivity index (χ2n) is 5.49. The van der Waals surface area contributed by atoms with Crippen molar-refractivity contribution in [3.05, 3.63) is 0 Å². The Morgan fingerprint density at radius 2 is 2.12 bits per heavy atom. The first kappa shape index (κ1) is 14.0. The first-order chi connectivity index (χ1) is 7.50. The lowest BCUT2D eigenvalue weighted by atomic mass is 9.97. The normalized spacial score (nSPS) is 27.1. The maximum absolute atomic E-state index is 11.9. The van der Waals surface area contributed by atoms with Crippen LogP contribution in [0.3, 0.4) is 0 Å². The Balaban J connectivity index is 2.24. The molecule has 0 aliphatic heterocycles. The van der Waals surface area contributed by atoms with Crippen LogP contribution in [0.1, 0.15) is 46.5 Å². The Bertz CT molecular complexity index is 230. The quantitative estimate of drug-likeness (QED) is 0.773. The van der Waals surface area contributed by atoms with Crippen molar-refractivity contribution in [2.45, 2.75) is 51.3 Å². The molecule has 0 heterocycles. The number of carbonyl (C=O) groups excluding carboxylic acids is 1. The van der Waals surface area contributed by atoms with Crippen molar-refractivity contribution in [3.63, 3.8) is 0 Å². The van der Waals surface area contributed by atoms with Gasteiger partial charge >= 0.3 is 0 Å². The smallest absolute Gasteiger partial charge is 0.223 e. The fraction of sp³-hybridized carbons (Fsp3) is 0.923. The largest absolute Gasteiger partial charge is 0.355 e. The van der Waals surface area contributed by atoms with Crippen molar-refractivity contribution >= 4 is 21.8 Å². The first-order valence-corrected chi connectivity index (χ1v) is 7.34. The molecule has 0 bridgehead atoms. The lowest BCUT2D eigenvalue weighted by Crippen LogP contribution is -2.36. The van der Waals surface area contributed by atoms with E-state index in [2.05, 4.69) is 42.0 Å². The van der Waals surface area contributed by atoms with Gasteiger partial charge in [0.05, 0.1) is 0 Å². The molecule has 0 saturated heterocycles. The van der Waals surface area contributed by atoms with Crippen molar-refractivity contribution in [3.8, 4) is 0 Å². The first-order valence-electron chi connectivity index (χ1n) is 6.42. The topological polar surface area (TPSA) is 29.1 Å². The summed E-state index contributed by atoms with van der Waals surface area (Å²) in [6, 6.07) is 0. The van der Waals surface area contributed by atoms with Gasteiger partial charge in [0.25, 0.3) is 0 Å². The summed E-state index contributed by atoms with van der Waals surface area (Å²) in [7, 11) is 0. The summed E-state index contributed by atoms with van der Waals surface area (Å²) < 4.78 is 0. The molecule has 2 nitrogen and oxygen atoms in total. The van der Waals surface area contributed by atoms with Crippen molar-refractivity contribution < 1.29 is 4.79 Å². The van der Waals surface area contributed by atoms with E-state index in [1.54, 1.807) is 0 Å². The number of hydrogen-bond donors (Lipinski definition) is 1. The maximum Gasteiger partial charge on any atom is 0.223 e. The van der Waals surface area contributed by atoms with E-state index in [1.807, 2.05) is 0 Å². The maximum atomic E-state index is 11.9. The number of carbonyl (C=O) groups is 1. The lowest BCUT2D eigenvalue weighted by Gasteiger charge is -2.18. The minimum absolute atomic E-state index is 0.262. The highest BCUT2D eigenvalue weighted by atomic mass is 79.9. The van der Waals surface area contributed by atoms with Crippen molar-refractivity contribution in [2.75, 3.05) is 6.54 Å². The monoisotopic (exact) mass is 289 g/mol. The third-order valence-corrected chi connectivity index (χ3v) is 4.12. The van der Waals surface area contributed by atoms with Crippen molar-refractivity contribution in [1.29, 1.82) is 0 Å². The molecule has 3 atom stereocenters. The van der Waals surface area contributed by atoms with Gasteiger partial charge in [0, 0.05) is 17.3 Å². The molecule has 1 fully saturated rings. The van der Waals surface area contributed by atoms with Gasteiger partial charge in [0.2, 0.25) is 5.91 Å². The SMILES string of the molecule is CC(C)CC(Br)CNC(=O)C1CCCC1C. The Morgan fingerprint density at radius 1 is 1.44 bits per heavy atom. The Kier molecular flexibility index (Phi) is 5.81. The molecule has 3 unspecified atom stereocenters. The van der Waals surface area contributed by atoms with Gasteiger partial charge in [-0.25, -0.2) is 0 Å². The molecule has 0 spiro atoms. The van der Waals surface area contributed by atoms with Crippen LogP contribution in [0.15, 0.2) is 0 Å². The number of amides is 1. The van der Waals surface area contributed by atoms with Crippen LogP contribution >= 0.6 is 15.9 Å². The third kappa shape index (κ3) is 4.44. The summed E-state index contributed by atoms with van der Waals surface area (Å²) in [6.45, 7) is 7.36. The van der Waals surface area contributed by atoms with Crippen LogP contribution < -0.4 is 5.32 Å². The molecule has 1 rings (SSSR count). The van der Waals surface area contributed by atoms with Gasteiger partial charge in [0.15, 0.2) is 0 Å². The molecule has 1 saturated carbocycles. The molecule has 0 aromatic carbocycles. The number of hydrogen-bond acceptors (Lipinski definition) is 1. The van der Waals surface area contributed by atoms with Crippen LogP contribution in [-0.4, -0.2) is 17.3 Å². The van der Waals surface area contributed by atoms with E-state index in [4.69, 9.17) is 0 Å². The molecular formula is C13H24BrNO. The molecule has 16 heavy (non-hydrogen) atoms. The van der Waals surface area contributed by atoms with Crippen molar-refractivity contribution in [2.24, 2.45) is 17.8 Å². The highest BCUT2D eigenvalue weighted by molar-refractivity contribution is 9.09. The number of rotatable bonds is 5. The predicted octanol–water partition coefficient (Wildman–Crippen LogP) is 3.35. The van der Waals surface area contributed by atoms with Crippen LogP contribution in [0, 0.1) is 17.8 Å². The Labute approximate surface area is 108 Å². The number of alkyl halides is 1. The number of halogens is 1. The minimum atomic E-state index is 0.262. The second kappa shape index (κ2) is 6.63. The van der Waals surface area contributed by atoms with Gasteiger partial charge in [0.1, 0.15) is 0 Å². The van der Waals surface area contributed by atoms with Crippen LogP contribution in [0.4, 0.5) is 0 Å². The molecule has 1 aliphatic rings. The van der Waals surface area contributed by atoms with Gasteiger partial charge in [-0.1, -0.05) is 43.1 Å². The van der Waals surface area contributed by atoms with Gasteiger partial charge in [-0.3, -0.25) is 4.79 Å².